The zero-order valence-corrected chi connectivity index (χ0v) is 11.7. The first-order chi connectivity index (χ1) is 8.81. The van der Waals surface area contributed by atoms with Gasteiger partial charge in [0.05, 0.1) is 12.2 Å². The van der Waals surface area contributed by atoms with Gasteiger partial charge in [-0.3, -0.25) is 0 Å². The summed E-state index contributed by atoms with van der Waals surface area (Å²) in [6.07, 6.45) is 0. The smallest absolute Gasteiger partial charge is 0.338 e. The van der Waals surface area contributed by atoms with Crippen LogP contribution in [0, 0.1) is 0 Å². The zero-order valence-electron chi connectivity index (χ0n) is 10.1. The number of thioether (sulfide) groups is 1. The minimum Gasteiger partial charge on any atom is -0.462 e. The van der Waals surface area contributed by atoms with E-state index in [9.17, 15) is 4.79 Å². The first-order valence-electron chi connectivity index (χ1n) is 5.71. The average Bonchev–Trinajstić information content (AvgIpc) is 2.90. The van der Waals surface area contributed by atoms with Gasteiger partial charge in [0.15, 0.2) is 0 Å². The minimum atomic E-state index is -0.237. The van der Waals surface area contributed by atoms with E-state index >= 15 is 0 Å². The van der Waals surface area contributed by atoms with Crippen LogP contribution >= 0.6 is 23.1 Å². The van der Waals surface area contributed by atoms with E-state index in [0.29, 0.717) is 12.2 Å². The molecule has 0 radical (unpaired) electrons. The van der Waals surface area contributed by atoms with E-state index in [4.69, 9.17) is 4.74 Å². The molecule has 0 aliphatic rings. The van der Waals surface area contributed by atoms with E-state index in [-0.39, 0.29) is 5.97 Å². The summed E-state index contributed by atoms with van der Waals surface area (Å²) in [5.41, 5.74) is 1.69. The van der Waals surface area contributed by atoms with E-state index in [1.807, 2.05) is 31.2 Å². The molecule has 1 aromatic carbocycles. The van der Waals surface area contributed by atoms with E-state index in [1.165, 1.54) is 4.90 Å². The van der Waals surface area contributed by atoms with Gasteiger partial charge in [-0.15, -0.1) is 11.8 Å². The molecule has 0 saturated carbocycles. The molecule has 0 unspecified atom stereocenters. The highest BCUT2D eigenvalue weighted by Crippen LogP contribution is 2.26. The summed E-state index contributed by atoms with van der Waals surface area (Å²) < 4.78 is 5.06. The molecule has 2 aromatic rings. The predicted molar refractivity (Wildman–Crippen MR) is 76.3 cm³/mol. The molecule has 2 nitrogen and oxygen atoms in total. The molecule has 0 bridgehead atoms. The number of benzene rings is 1. The lowest BCUT2D eigenvalue weighted by Crippen LogP contribution is -2.07. The summed E-state index contributed by atoms with van der Waals surface area (Å²) in [5.74, 6) is 0.546. The fourth-order valence-electron chi connectivity index (χ4n) is 1.55. The number of carbonyl (C=O) groups excluding carboxylic acids is 1. The van der Waals surface area contributed by atoms with Crippen LogP contribution in [0.2, 0.25) is 0 Å². The van der Waals surface area contributed by atoms with Crippen LogP contribution in [0.3, 0.4) is 0 Å². The van der Waals surface area contributed by atoms with Crippen molar-refractivity contribution in [2.75, 3.05) is 6.61 Å². The maximum Gasteiger partial charge on any atom is 0.338 e. The highest BCUT2D eigenvalue weighted by Gasteiger charge is 2.11. The Hall–Kier alpha value is -1.26. The fraction of sp³-hybridized carbons (Fsp3) is 0.214. The Morgan fingerprint density at radius 2 is 2.17 bits per heavy atom. The number of rotatable bonds is 5. The van der Waals surface area contributed by atoms with Crippen LogP contribution in [0.4, 0.5) is 0 Å². The summed E-state index contributed by atoms with van der Waals surface area (Å²) in [4.78, 5) is 13.0. The summed E-state index contributed by atoms with van der Waals surface area (Å²) in [6.45, 7) is 2.23. The van der Waals surface area contributed by atoms with Crippen LogP contribution in [-0.2, 0) is 10.5 Å². The average molecular weight is 278 g/mol. The maximum atomic E-state index is 11.8. The molecule has 94 valence electrons. The standard InChI is InChI=1S/C14H14O2S2/c1-2-16-14(15)13-6-4-3-5-11(13)9-18-12-7-8-17-10-12/h3-8,10H,2,9H2,1H3. The Balaban J connectivity index is 2.09. The monoisotopic (exact) mass is 278 g/mol. The molecule has 1 heterocycles. The van der Waals surface area contributed by atoms with Gasteiger partial charge in [-0.05, 0) is 30.0 Å². The van der Waals surface area contributed by atoms with Gasteiger partial charge in [-0.25, -0.2) is 4.79 Å². The Morgan fingerprint density at radius 1 is 1.33 bits per heavy atom. The van der Waals surface area contributed by atoms with E-state index in [1.54, 1.807) is 23.1 Å². The molecule has 1 aromatic heterocycles. The number of esters is 1. The molecule has 0 saturated heterocycles. The van der Waals surface area contributed by atoms with Gasteiger partial charge in [0, 0.05) is 16.0 Å². The van der Waals surface area contributed by atoms with Gasteiger partial charge in [-0.2, -0.15) is 11.3 Å². The SMILES string of the molecule is CCOC(=O)c1ccccc1CSc1ccsc1. The van der Waals surface area contributed by atoms with Crippen molar-refractivity contribution in [3.8, 4) is 0 Å². The second-order valence-electron chi connectivity index (χ2n) is 3.63. The first kappa shape index (κ1) is 13.2. The molecule has 4 heteroatoms. The number of thiophene rings is 1. The van der Waals surface area contributed by atoms with Crippen molar-refractivity contribution in [1.82, 2.24) is 0 Å². The van der Waals surface area contributed by atoms with Gasteiger partial charge in [-0.1, -0.05) is 18.2 Å². The van der Waals surface area contributed by atoms with Crippen LogP contribution in [0.5, 0.6) is 0 Å². The third-order valence-corrected chi connectivity index (χ3v) is 4.28. The molecule has 0 atom stereocenters. The summed E-state index contributed by atoms with van der Waals surface area (Å²) >= 11 is 3.41. The van der Waals surface area contributed by atoms with Crippen LogP contribution in [-0.4, -0.2) is 12.6 Å². The number of ether oxygens (including phenoxy) is 1. The number of hydrogen-bond donors (Lipinski definition) is 0. The molecule has 0 fully saturated rings. The Morgan fingerprint density at radius 3 is 2.89 bits per heavy atom. The third kappa shape index (κ3) is 3.37. The predicted octanol–water partition coefficient (Wildman–Crippen LogP) is 4.22. The minimum absolute atomic E-state index is 0.237. The zero-order chi connectivity index (χ0) is 12.8. The summed E-state index contributed by atoms with van der Waals surface area (Å²) in [7, 11) is 0. The van der Waals surface area contributed by atoms with Crippen molar-refractivity contribution in [3.63, 3.8) is 0 Å². The summed E-state index contributed by atoms with van der Waals surface area (Å²) in [5, 5.41) is 4.16. The fourth-order valence-corrected chi connectivity index (χ4v) is 3.33. The normalized spacial score (nSPS) is 10.3. The van der Waals surface area contributed by atoms with Crippen LogP contribution < -0.4 is 0 Å². The highest BCUT2D eigenvalue weighted by molar-refractivity contribution is 7.98. The highest BCUT2D eigenvalue weighted by atomic mass is 32.2. The second kappa shape index (κ2) is 6.61. The van der Waals surface area contributed by atoms with Crippen molar-refractivity contribution in [1.29, 1.82) is 0 Å². The number of hydrogen-bond acceptors (Lipinski definition) is 4. The Kier molecular flexibility index (Phi) is 4.84. The van der Waals surface area contributed by atoms with E-state index < -0.39 is 0 Å². The van der Waals surface area contributed by atoms with Gasteiger partial charge in [0.2, 0.25) is 0 Å². The van der Waals surface area contributed by atoms with Crippen LogP contribution in [0.25, 0.3) is 0 Å². The van der Waals surface area contributed by atoms with E-state index in [0.717, 1.165) is 11.3 Å². The molecule has 18 heavy (non-hydrogen) atoms. The van der Waals surface area contributed by atoms with Crippen molar-refractivity contribution in [3.05, 3.63) is 52.2 Å². The van der Waals surface area contributed by atoms with Crippen molar-refractivity contribution < 1.29 is 9.53 Å². The molecule has 0 spiro atoms. The van der Waals surface area contributed by atoms with Crippen molar-refractivity contribution in [2.24, 2.45) is 0 Å². The Bertz CT molecular complexity index is 506. The lowest BCUT2D eigenvalue weighted by Gasteiger charge is -2.07. The molecular weight excluding hydrogens is 264 g/mol. The topological polar surface area (TPSA) is 26.3 Å². The van der Waals surface area contributed by atoms with Gasteiger partial charge < -0.3 is 4.74 Å². The molecule has 0 aliphatic heterocycles. The molecule has 0 amide bonds. The maximum absolute atomic E-state index is 11.8. The molecule has 2 rings (SSSR count). The quantitative estimate of drug-likeness (QED) is 0.605. The van der Waals surface area contributed by atoms with Gasteiger partial charge >= 0.3 is 5.97 Å². The Labute approximate surface area is 115 Å². The second-order valence-corrected chi connectivity index (χ2v) is 5.45. The van der Waals surface area contributed by atoms with Gasteiger partial charge in [0.1, 0.15) is 0 Å². The first-order valence-corrected chi connectivity index (χ1v) is 7.64. The largest absolute Gasteiger partial charge is 0.462 e. The lowest BCUT2D eigenvalue weighted by atomic mass is 10.1. The van der Waals surface area contributed by atoms with Gasteiger partial charge in [0.25, 0.3) is 0 Å². The lowest BCUT2D eigenvalue weighted by molar-refractivity contribution is 0.0525. The number of carbonyl (C=O) groups is 1. The molecule has 0 aliphatic carbocycles. The summed E-state index contributed by atoms with van der Waals surface area (Å²) in [6, 6.07) is 9.70. The van der Waals surface area contributed by atoms with Crippen molar-refractivity contribution >= 4 is 29.1 Å². The van der Waals surface area contributed by atoms with E-state index in [2.05, 4.69) is 16.8 Å². The van der Waals surface area contributed by atoms with Crippen LogP contribution in [0.15, 0.2) is 46.0 Å². The molecular formula is C14H14O2S2. The molecule has 0 N–H and O–H groups in total. The van der Waals surface area contributed by atoms with Crippen LogP contribution in [0.1, 0.15) is 22.8 Å². The third-order valence-electron chi connectivity index (χ3n) is 2.40. The van der Waals surface area contributed by atoms with Crippen molar-refractivity contribution in [2.45, 2.75) is 17.6 Å².